The molecule has 1 aliphatic heterocycles. The zero-order valence-electron chi connectivity index (χ0n) is 10.2. The summed E-state index contributed by atoms with van der Waals surface area (Å²) in [5.41, 5.74) is 0.562. The number of nitrogens with zero attached hydrogens (tertiary/aromatic N) is 2. The van der Waals surface area contributed by atoms with Crippen molar-refractivity contribution in [2.45, 2.75) is 18.9 Å². The maximum atomic E-state index is 11.2. The van der Waals surface area contributed by atoms with Crippen LogP contribution < -0.4 is 5.32 Å². The predicted molar refractivity (Wildman–Crippen MR) is 72.3 cm³/mol. The van der Waals surface area contributed by atoms with Crippen LogP contribution in [0.2, 0.25) is 0 Å². The van der Waals surface area contributed by atoms with Crippen LogP contribution in [0, 0.1) is 21.4 Å². The molecule has 1 saturated heterocycles. The van der Waals surface area contributed by atoms with Crippen LogP contribution in [-0.4, -0.2) is 26.7 Å². The fourth-order valence-corrected chi connectivity index (χ4v) is 3.35. The average molecular weight is 279 g/mol. The first-order valence-electron chi connectivity index (χ1n) is 5.90. The molecule has 7 heteroatoms. The van der Waals surface area contributed by atoms with E-state index >= 15 is 0 Å². The number of nitro benzene ring substituents is 1. The van der Waals surface area contributed by atoms with Gasteiger partial charge in [0, 0.05) is 40.1 Å². The largest absolute Gasteiger partial charge is 0.382 e. The van der Waals surface area contributed by atoms with Gasteiger partial charge in [-0.3, -0.25) is 14.3 Å². The van der Waals surface area contributed by atoms with E-state index in [1.807, 2.05) is 6.07 Å². The highest BCUT2D eigenvalue weighted by Crippen LogP contribution is 2.23. The highest BCUT2D eigenvalue weighted by Gasteiger charge is 2.19. The lowest BCUT2D eigenvalue weighted by Crippen LogP contribution is -2.29. The Morgan fingerprint density at radius 2 is 2.11 bits per heavy atom. The van der Waals surface area contributed by atoms with Crippen LogP contribution in [0.5, 0.6) is 0 Å². The zero-order chi connectivity index (χ0) is 13.8. The average Bonchev–Trinajstić information content (AvgIpc) is 2.41. The summed E-state index contributed by atoms with van der Waals surface area (Å²) in [6, 6.07) is 6.47. The molecule has 6 nitrogen and oxygen atoms in total. The Morgan fingerprint density at radius 1 is 1.42 bits per heavy atom. The van der Waals surface area contributed by atoms with E-state index in [2.05, 4.69) is 5.32 Å². The Kier molecular flexibility index (Phi) is 4.12. The van der Waals surface area contributed by atoms with Crippen molar-refractivity contribution in [3.63, 3.8) is 0 Å². The molecule has 1 aliphatic rings. The molecule has 1 heterocycles. The minimum Gasteiger partial charge on any atom is -0.382 e. The lowest BCUT2D eigenvalue weighted by molar-refractivity contribution is -0.385. The molecular formula is C12H13N3O3S. The number of benzene rings is 1. The van der Waals surface area contributed by atoms with E-state index < -0.39 is 15.7 Å². The van der Waals surface area contributed by atoms with Crippen LogP contribution in [0.4, 0.5) is 11.4 Å². The van der Waals surface area contributed by atoms with Gasteiger partial charge in [-0.05, 0) is 25.0 Å². The number of anilines is 1. The Bertz CT molecular complexity index is 558. The van der Waals surface area contributed by atoms with Crippen molar-refractivity contribution in [2.75, 3.05) is 16.8 Å². The summed E-state index contributed by atoms with van der Waals surface area (Å²) in [4.78, 5) is 10.2. The van der Waals surface area contributed by atoms with Gasteiger partial charge in [0.25, 0.3) is 5.69 Å². The van der Waals surface area contributed by atoms with E-state index in [-0.39, 0.29) is 17.3 Å². The summed E-state index contributed by atoms with van der Waals surface area (Å²) < 4.78 is 11.2. The van der Waals surface area contributed by atoms with E-state index in [9.17, 15) is 14.3 Å². The lowest BCUT2D eigenvalue weighted by Gasteiger charge is -2.23. The Labute approximate surface area is 113 Å². The predicted octanol–water partition coefficient (Wildman–Crippen LogP) is 1.79. The first-order valence-corrected chi connectivity index (χ1v) is 7.39. The summed E-state index contributed by atoms with van der Waals surface area (Å²) in [6.07, 6.45) is 1.62. The van der Waals surface area contributed by atoms with Crippen LogP contribution in [0.1, 0.15) is 18.4 Å². The van der Waals surface area contributed by atoms with Gasteiger partial charge in [-0.15, -0.1) is 0 Å². The summed E-state index contributed by atoms with van der Waals surface area (Å²) >= 11 is 0. The monoisotopic (exact) mass is 279 g/mol. The second kappa shape index (κ2) is 5.80. The second-order valence-corrected chi connectivity index (χ2v) is 6.06. The van der Waals surface area contributed by atoms with E-state index in [1.54, 1.807) is 6.07 Å². The topological polar surface area (TPSA) is 96.0 Å². The standard InChI is InChI=1S/C12H13N3O3S/c13-8-9-7-11(1-2-12(9)15(16)17)14-10-3-5-19(18)6-4-10/h1-2,7,10,14H,3-6H2. The van der Waals surface area contributed by atoms with Gasteiger partial charge < -0.3 is 5.32 Å². The number of nitro groups is 1. The van der Waals surface area contributed by atoms with Gasteiger partial charge in [0.05, 0.1) is 4.92 Å². The van der Waals surface area contributed by atoms with E-state index in [0.717, 1.165) is 12.8 Å². The summed E-state index contributed by atoms with van der Waals surface area (Å²) in [5, 5.41) is 22.9. The van der Waals surface area contributed by atoms with Crippen LogP contribution in [0.3, 0.4) is 0 Å². The molecule has 0 aromatic heterocycles. The van der Waals surface area contributed by atoms with Gasteiger partial charge in [-0.2, -0.15) is 5.26 Å². The molecule has 0 bridgehead atoms. The van der Waals surface area contributed by atoms with Crippen LogP contribution in [0.25, 0.3) is 0 Å². The zero-order valence-corrected chi connectivity index (χ0v) is 11.0. The van der Waals surface area contributed by atoms with E-state index in [1.165, 1.54) is 12.1 Å². The Hall–Kier alpha value is -1.94. The van der Waals surface area contributed by atoms with Crippen molar-refractivity contribution in [1.29, 1.82) is 5.26 Å². The molecule has 0 atom stereocenters. The van der Waals surface area contributed by atoms with Crippen LogP contribution >= 0.6 is 0 Å². The van der Waals surface area contributed by atoms with Gasteiger partial charge in [0.2, 0.25) is 0 Å². The first kappa shape index (κ1) is 13.5. The normalized spacial score (nSPS) is 22.5. The van der Waals surface area contributed by atoms with Crippen molar-refractivity contribution in [3.8, 4) is 6.07 Å². The molecule has 0 radical (unpaired) electrons. The molecule has 0 unspecified atom stereocenters. The molecule has 19 heavy (non-hydrogen) atoms. The number of hydrogen-bond acceptors (Lipinski definition) is 5. The molecule has 0 amide bonds. The third kappa shape index (κ3) is 3.29. The molecule has 2 rings (SSSR count). The molecule has 1 aromatic carbocycles. The molecule has 100 valence electrons. The molecular weight excluding hydrogens is 266 g/mol. The highest BCUT2D eigenvalue weighted by molar-refractivity contribution is 7.85. The fourth-order valence-electron chi connectivity index (χ4n) is 2.05. The van der Waals surface area contributed by atoms with Crippen LogP contribution in [-0.2, 0) is 10.8 Å². The lowest BCUT2D eigenvalue weighted by atomic mass is 10.1. The SMILES string of the molecule is N#Cc1cc(NC2CCS(=O)CC2)ccc1[N+](=O)[O-]. The smallest absolute Gasteiger partial charge is 0.287 e. The Morgan fingerprint density at radius 3 is 2.68 bits per heavy atom. The molecule has 0 spiro atoms. The quantitative estimate of drug-likeness (QED) is 0.672. The minimum atomic E-state index is -0.716. The van der Waals surface area contributed by atoms with E-state index in [4.69, 9.17) is 5.26 Å². The molecule has 1 N–H and O–H groups in total. The number of hydrogen-bond donors (Lipinski definition) is 1. The molecule has 1 fully saturated rings. The maximum absolute atomic E-state index is 11.2. The van der Waals surface area contributed by atoms with Crippen molar-refractivity contribution >= 4 is 22.2 Å². The molecule has 0 saturated carbocycles. The fraction of sp³-hybridized carbons (Fsp3) is 0.417. The third-order valence-corrected chi connectivity index (χ3v) is 4.45. The Balaban J connectivity index is 2.11. The van der Waals surface area contributed by atoms with Crippen molar-refractivity contribution in [2.24, 2.45) is 0 Å². The van der Waals surface area contributed by atoms with Gasteiger partial charge >= 0.3 is 0 Å². The van der Waals surface area contributed by atoms with Gasteiger partial charge in [0.1, 0.15) is 11.6 Å². The van der Waals surface area contributed by atoms with Gasteiger partial charge in [-0.25, -0.2) is 0 Å². The summed E-state index contributed by atoms with van der Waals surface area (Å²) in [7, 11) is -0.716. The number of nitrogens with one attached hydrogen (secondary N) is 1. The minimum absolute atomic E-state index is 0.0504. The van der Waals surface area contributed by atoms with Crippen molar-refractivity contribution in [1.82, 2.24) is 0 Å². The summed E-state index contributed by atoms with van der Waals surface area (Å²) in [5.74, 6) is 1.35. The van der Waals surface area contributed by atoms with Crippen molar-refractivity contribution < 1.29 is 9.13 Å². The maximum Gasteiger partial charge on any atom is 0.287 e. The molecule has 0 aliphatic carbocycles. The highest BCUT2D eigenvalue weighted by atomic mass is 32.2. The van der Waals surface area contributed by atoms with E-state index in [0.29, 0.717) is 17.2 Å². The second-order valence-electron chi connectivity index (χ2n) is 4.37. The summed E-state index contributed by atoms with van der Waals surface area (Å²) in [6.45, 7) is 0. The molecule has 1 aromatic rings. The van der Waals surface area contributed by atoms with Crippen molar-refractivity contribution in [3.05, 3.63) is 33.9 Å². The van der Waals surface area contributed by atoms with Gasteiger partial charge in [0.15, 0.2) is 0 Å². The number of rotatable bonds is 3. The van der Waals surface area contributed by atoms with Crippen LogP contribution in [0.15, 0.2) is 18.2 Å². The first-order chi connectivity index (χ1) is 9.10. The van der Waals surface area contributed by atoms with Gasteiger partial charge in [-0.1, -0.05) is 0 Å². The number of nitriles is 1. The third-order valence-electron chi connectivity index (χ3n) is 3.07.